The highest BCUT2D eigenvalue weighted by molar-refractivity contribution is 4.89. The van der Waals surface area contributed by atoms with Crippen molar-refractivity contribution < 1.29 is 4.39 Å². The van der Waals surface area contributed by atoms with Gasteiger partial charge in [-0.1, -0.05) is 0 Å². The van der Waals surface area contributed by atoms with Crippen molar-refractivity contribution in [3.8, 4) is 0 Å². The molecule has 32 valence electrons. The number of alkyl halides is 1. The largest absolute Gasteiger partial charge is 0.230 e. The van der Waals surface area contributed by atoms with Gasteiger partial charge in [0.25, 0.3) is 0 Å². The summed E-state index contributed by atoms with van der Waals surface area (Å²) in [6.07, 6.45) is 1.44. The molecule has 1 rings (SSSR count). The van der Waals surface area contributed by atoms with Gasteiger partial charge in [-0.25, -0.2) is 4.39 Å². The average Bonchev–Trinajstić information content (AvgIpc) is 1.86. The molecule has 0 saturated carbocycles. The van der Waals surface area contributed by atoms with Crippen LogP contribution in [0.1, 0.15) is 0 Å². The van der Waals surface area contributed by atoms with E-state index < -0.39 is 6.30 Å². The molecule has 0 aromatic rings. The van der Waals surface area contributed by atoms with Gasteiger partial charge < -0.3 is 0 Å². The molecule has 0 amide bonds. The van der Waals surface area contributed by atoms with E-state index in [0.717, 1.165) is 0 Å². The van der Waals surface area contributed by atoms with Gasteiger partial charge >= 0.3 is 0 Å². The number of rotatable bonds is 0. The van der Waals surface area contributed by atoms with Crippen LogP contribution in [-0.2, 0) is 0 Å². The van der Waals surface area contributed by atoms with Crippen LogP contribution in [0.4, 0.5) is 4.39 Å². The molecule has 0 saturated heterocycles. The van der Waals surface area contributed by atoms with Crippen LogP contribution in [0.5, 0.6) is 0 Å². The first-order valence-electron chi connectivity index (χ1n) is 1.60. The minimum absolute atomic E-state index is 1.18. The Bertz CT molecular complexity index is 85.0. The SMILES string of the molecule is FC1C=CN=N1. The number of azo groups is 1. The number of nitrogens with zero attached hydrogens (tertiary/aromatic N) is 2. The standard InChI is InChI=1S/C3H3FN2/c4-3-1-2-5-6-3/h1-3H. The topological polar surface area (TPSA) is 24.7 Å². The highest BCUT2D eigenvalue weighted by Gasteiger charge is 1.97. The molecule has 2 nitrogen and oxygen atoms in total. The molecule has 1 heterocycles. The summed E-state index contributed by atoms with van der Waals surface area (Å²) in [4.78, 5) is 0. The fraction of sp³-hybridized carbons (Fsp3) is 0.333. The first-order valence-corrected chi connectivity index (χ1v) is 1.60. The molecule has 1 atom stereocenters. The van der Waals surface area contributed by atoms with Gasteiger partial charge in [0.05, 0.1) is 6.20 Å². The fourth-order valence-electron chi connectivity index (χ4n) is 0.250. The molecule has 3 heteroatoms. The molecule has 0 bridgehead atoms. The van der Waals surface area contributed by atoms with Crippen LogP contribution in [0.15, 0.2) is 22.5 Å². The maximum Gasteiger partial charge on any atom is 0.230 e. The molecule has 1 aliphatic rings. The lowest BCUT2D eigenvalue weighted by Crippen LogP contribution is -1.78. The summed E-state index contributed by atoms with van der Waals surface area (Å²) >= 11 is 0. The maximum absolute atomic E-state index is 11.6. The second-order valence-electron chi connectivity index (χ2n) is 0.945. The summed E-state index contributed by atoms with van der Waals surface area (Å²) in [6.45, 7) is 0. The van der Waals surface area contributed by atoms with Crippen LogP contribution >= 0.6 is 0 Å². The van der Waals surface area contributed by atoms with Crippen molar-refractivity contribution in [3.05, 3.63) is 12.3 Å². The Balaban J connectivity index is 2.60. The Kier molecular flexibility index (Phi) is 0.670. The van der Waals surface area contributed by atoms with Crippen molar-refractivity contribution in [2.45, 2.75) is 6.30 Å². The average molecular weight is 86.1 g/mol. The van der Waals surface area contributed by atoms with Crippen molar-refractivity contribution in [1.29, 1.82) is 0 Å². The Morgan fingerprint density at radius 1 is 1.67 bits per heavy atom. The zero-order chi connectivity index (χ0) is 4.41. The van der Waals surface area contributed by atoms with Gasteiger partial charge in [0.2, 0.25) is 6.30 Å². The molecule has 0 aliphatic carbocycles. The van der Waals surface area contributed by atoms with Gasteiger partial charge in [-0.15, -0.1) is 5.11 Å². The molecule has 1 aliphatic heterocycles. The van der Waals surface area contributed by atoms with E-state index in [2.05, 4.69) is 10.2 Å². The third-order valence-electron chi connectivity index (χ3n) is 0.489. The van der Waals surface area contributed by atoms with E-state index >= 15 is 0 Å². The van der Waals surface area contributed by atoms with Crippen LogP contribution in [-0.4, -0.2) is 6.30 Å². The van der Waals surface area contributed by atoms with Crippen molar-refractivity contribution in [2.75, 3.05) is 0 Å². The van der Waals surface area contributed by atoms with E-state index in [1.807, 2.05) is 0 Å². The van der Waals surface area contributed by atoms with Gasteiger partial charge in [-0.05, 0) is 6.08 Å². The van der Waals surface area contributed by atoms with E-state index in [-0.39, 0.29) is 0 Å². The van der Waals surface area contributed by atoms with E-state index in [1.54, 1.807) is 0 Å². The van der Waals surface area contributed by atoms with Gasteiger partial charge in [-0.3, -0.25) is 0 Å². The maximum atomic E-state index is 11.6. The van der Waals surface area contributed by atoms with Gasteiger partial charge in [0.1, 0.15) is 0 Å². The zero-order valence-corrected chi connectivity index (χ0v) is 3.00. The molecular weight excluding hydrogens is 83.0 g/mol. The van der Waals surface area contributed by atoms with Gasteiger partial charge in [0, 0.05) is 0 Å². The third-order valence-corrected chi connectivity index (χ3v) is 0.489. The molecule has 0 aromatic heterocycles. The van der Waals surface area contributed by atoms with Crippen LogP contribution in [0.25, 0.3) is 0 Å². The summed E-state index contributed by atoms with van der Waals surface area (Å²) < 4.78 is 11.6. The van der Waals surface area contributed by atoms with Crippen molar-refractivity contribution in [2.24, 2.45) is 10.2 Å². The monoisotopic (exact) mass is 86.0 g/mol. The van der Waals surface area contributed by atoms with Crippen LogP contribution in [0.2, 0.25) is 0 Å². The molecule has 6 heavy (non-hydrogen) atoms. The van der Waals surface area contributed by atoms with E-state index in [1.165, 1.54) is 12.3 Å². The normalized spacial score (nSPS) is 29.2. The van der Waals surface area contributed by atoms with Crippen molar-refractivity contribution in [3.63, 3.8) is 0 Å². The molecule has 0 spiro atoms. The van der Waals surface area contributed by atoms with E-state index in [4.69, 9.17) is 0 Å². The van der Waals surface area contributed by atoms with Crippen LogP contribution < -0.4 is 0 Å². The highest BCUT2D eigenvalue weighted by atomic mass is 19.1. The minimum Gasteiger partial charge on any atom is -0.215 e. The smallest absolute Gasteiger partial charge is 0.215 e. The Labute approximate surface area is 34.4 Å². The van der Waals surface area contributed by atoms with Crippen LogP contribution in [0.3, 0.4) is 0 Å². The molecule has 0 aromatic carbocycles. The molecule has 1 unspecified atom stereocenters. The van der Waals surface area contributed by atoms with Crippen LogP contribution in [0, 0.1) is 0 Å². The predicted molar refractivity (Wildman–Crippen MR) is 18.9 cm³/mol. The summed E-state index contributed by atoms with van der Waals surface area (Å²) in [7, 11) is 0. The van der Waals surface area contributed by atoms with Gasteiger partial charge in [0.15, 0.2) is 0 Å². The second kappa shape index (κ2) is 1.16. The Morgan fingerprint density at radius 3 is 2.67 bits per heavy atom. The second-order valence-corrected chi connectivity index (χ2v) is 0.945. The van der Waals surface area contributed by atoms with E-state index in [9.17, 15) is 4.39 Å². The molecule has 0 N–H and O–H groups in total. The lowest BCUT2D eigenvalue weighted by Gasteiger charge is -1.76. The first-order chi connectivity index (χ1) is 2.89. The first kappa shape index (κ1) is 3.46. The summed E-state index contributed by atoms with van der Waals surface area (Å²) in [5.74, 6) is 0. The highest BCUT2D eigenvalue weighted by Crippen LogP contribution is 2.02. The Morgan fingerprint density at radius 2 is 2.50 bits per heavy atom. The fourth-order valence-corrected chi connectivity index (χ4v) is 0.250. The molecular formula is C3H3FN2. The summed E-state index contributed by atoms with van der Waals surface area (Å²) in [5.41, 5.74) is 0. The number of hydrogen-bond acceptors (Lipinski definition) is 2. The molecule has 0 radical (unpaired) electrons. The molecule has 0 fully saturated rings. The van der Waals surface area contributed by atoms with E-state index in [0.29, 0.717) is 0 Å². The zero-order valence-electron chi connectivity index (χ0n) is 3.00. The van der Waals surface area contributed by atoms with Crippen molar-refractivity contribution >= 4 is 0 Å². The Hall–Kier alpha value is -0.730. The summed E-state index contributed by atoms with van der Waals surface area (Å²) in [5, 5.41) is 6.32. The summed E-state index contributed by atoms with van der Waals surface area (Å²) in [6, 6.07) is 0. The minimum atomic E-state index is -1.18. The van der Waals surface area contributed by atoms with Gasteiger partial charge in [-0.2, -0.15) is 5.11 Å². The number of hydrogen-bond donors (Lipinski definition) is 0. The quantitative estimate of drug-likeness (QED) is 0.396. The predicted octanol–water partition coefficient (Wildman–Crippen LogP) is 1.26. The third kappa shape index (κ3) is 0.429. The van der Waals surface area contributed by atoms with Crippen molar-refractivity contribution in [1.82, 2.24) is 0 Å². The number of halogens is 1. The lowest BCUT2D eigenvalue weighted by atomic mass is 10.6. The lowest BCUT2D eigenvalue weighted by molar-refractivity contribution is 0.411.